The summed E-state index contributed by atoms with van der Waals surface area (Å²) in [7, 11) is 1.78. The van der Waals surface area contributed by atoms with Crippen LogP contribution in [-0.2, 0) is 23.1 Å². The standard InChI is InChI=1S/C10H12ClN3O2/c1-3-6-5(4-14(2)13-6)7-8(11)10(16)12-9(7)15/h4,7-8H,3H2,1-2H3,(H,12,15,16). The highest BCUT2D eigenvalue weighted by atomic mass is 35.5. The Labute approximate surface area is 97.8 Å². The van der Waals surface area contributed by atoms with Crippen molar-refractivity contribution in [1.29, 1.82) is 0 Å². The molecule has 2 heterocycles. The van der Waals surface area contributed by atoms with E-state index in [0.717, 1.165) is 11.3 Å². The molecular weight excluding hydrogens is 230 g/mol. The van der Waals surface area contributed by atoms with Gasteiger partial charge in [0.2, 0.25) is 11.8 Å². The summed E-state index contributed by atoms with van der Waals surface area (Å²) < 4.78 is 1.63. The lowest BCUT2D eigenvalue weighted by Gasteiger charge is -2.08. The third-order valence-corrected chi connectivity index (χ3v) is 3.13. The first-order chi connectivity index (χ1) is 7.54. The molecule has 6 heteroatoms. The predicted octanol–water partition coefficient (Wildman–Crippen LogP) is 0.330. The highest BCUT2D eigenvalue weighted by Gasteiger charge is 2.43. The number of alkyl halides is 1. The van der Waals surface area contributed by atoms with E-state index in [2.05, 4.69) is 10.4 Å². The van der Waals surface area contributed by atoms with Crippen molar-refractivity contribution in [1.82, 2.24) is 15.1 Å². The van der Waals surface area contributed by atoms with Crippen molar-refractivity contribution in [2.75, 3.05) is 0 Å². The van der Waals surface area contributed by atoms with E-state index in [1.54, 1.807) is 17.9 Å². The molecule has 1 N–H and O–H groups in total. The predicted molar refractivity (Wildman–Crippen MR) is 58.1 cm³/mol. The minimum atomic E-state index is -0.831. The zero-order chi connectivity index (χ0) is 11.9. The quantitative estimate of drug-likeness (QED) is 0.600. The molecule has 1 saturated heterocycles. The van der Waals surface area contributed by atoms with E-state index in [-0.39, 0.29) is 5.91 Å². The maximum Gasteiger partial charge on any atom is 0.245 e. The van der Waals surface area contributed by atoms with Gasteiger partial charge in [0.15, 0.2) is 0 Å². The Morgan fingerprint density at radius 3 is 2.69 bits per heavy atom. The smallest absolute Gasteiger partial charge is 0.245 e. The van der Waals surface area contributed by atoms with Crippen LogP contribution in [0.25, 0.3) is 0 Å². The number of nitrogens with zero attached hydrogens (tertiary/aromatic N) is 2. The van der Waals surface area contributed by atoms with E-state index < -0.39 is 17.2 Å². The second-order valence-corrected chi connectivity index (χ2v) is 4.26. The summed E-state index contributed by atoms with van der Waals surface area (Å²) in [6, 6.07) is 0. The number of rotatable bonds is 2. The van der Waals surface area contributed by atoms with Crippen molar-refractivity contribution in [2.24, 2.45) is 7.05 Å². The number of aryl methyl sites for hydroxylation is 2. The molecule has 0 radical (unpaired) electrons. The van der Waals surface area contributed by atoms with Crippen molar-refractivity contribution in [3.63, 3.8) is 0 Å². The summed E-state index contributed by atoms with van der Waals surface area (Å²) in [5, 5.41) is 5.63. The van der Waals surface area contributed by atoms with E-state index >= 15 is 0 Å². The first-order valence-electron chi connectivity index (χ1n) is 5.05. The van der Waals surface area contributed by atoms with Crippen molar-refractivity contribution in [3.05, 3.63) is 17.5 Å². The van der Waals surface area contributed by atoms with Gasteiger partial charge in [-0.1, -0.05) is 6.92 Å². The number of imide groups is 1. The van der Waals surface area contributed by atoms with Crippen LogP contribution in [0.2, 0.25) is 0 Å². The Kier molecular flexibility index (Phi) is 2.71. The zero-order valence-corrected chi connectivity index (χ0v) is 9.78. The number of aromatic nitrogens is 2. The first-order valence-corrected chi connectivity index (χ1v) is 5.49. The van der Waals surface area contributed by atoms with E-state index in [9.17, 15) is 9.59 Å². The highest BCUT2D eigenvalue weighted by molar-refractivity contribution is 6.37. The van der Waals surface area contributed by atoms with Crippen molar-refractivity contribution in [2.45, 2.75) is 24.6 Å². The van der Waals surface area contributed by atoms with Gasteiger partial charge in [-0.3, -0.25) is 19.6 Å². The number of carbonyl (C=O) groups excluding carboxylic acids is 2. The summed E-state index contributed by atoms with van der Waals surface area (Å²) >= 11 is 5.93. The second kappa shape index (κ2) is 3.90. The van der Waals surface area contributed by atoms with Gasteiger partial charge in [0, 0.05) is 18.8 Å². The molecule has 0 spiro atoms. The minimum Gasteiger partial charge on any atom is -0.295 e. The fraction of sp³-hybridized carbons (Fsp3) is 0.500. The van der Waals surface area contributed by atoms with Gasteiger partial charge in [0.1, 0.15) is 5.38 Å². The van der Waals surface area contributed by atoms with Crippen LogP contribution in [0.15, 0.2) is 6.20 Å². The van der Waals surface area contributed by atoms with Crippen LogP contribution in [0.4, 0.5) is 0 Å². The fourth-order valence-corrected chi connectivity index (χ4v) is 2.24. The van der Waals surface area contributed by atoms with Crippen molar-refractivity contribution in [3.8, 4) is 0 Å². The molecule has 2 unspecified atom stereocenters. The first kappa shape index (κ1) is 11.1. The molecular formula is C10H12ClN3O2. The third kappa shape index (κ3) is 1.61. The van der Waals surface area contributed by atoms with E-state index in [0.29, 0.717) is 6.42 Å². The highest BCUT2D eigenvalue weighted by Crippen LogP contribution is 2.30. The van der Waals surface area contributed by atoms with E-state index in [1.165, 1.54) is 0 Å². The monoisotopic (exact) mass is 241 g/mol. The lowest BCUT2D eigenvalue weighted by Crippen LogP contribution is -2.22. The maximum absolute atomic E-state index is 11.6. The van der Waals surface area contributed by atoms with Crippen LogP contribution < -0.4 is 5.32 Å². The third-order valence-electron chi connectivity index (χ3n) is 2.68. The van der Waals surface area contributed by atoms with Crippen molar-refractivity contribution >= 4 is 23.4 Å². The van der Waals surface area contributed by atoms with Crippen LogP contribution in [0, 0.1) is 0 Å². The zero-order valence-electron chi connectivity index (χ0n) is 9.03. The fourth-order valence-electron chi connectivity index (χ4n) is 1.94. The summed E-state index contributed by atoms with van der Waals surface area (Å²) in [4.78, 5) is 22.9. The molecule has 0 bridgehead atoms. The topological polar surface area (TPSA) is 64.0 Å². The van der Waals surface area contributed by atoms with Gasteiger partial charge in [-0.25, -0.2) is 0 Å². The van der Waals surface area contributed by atoms with Gasteiger partial charge < -0.3 is 0 Å². The number of carbonyl (C=O) groups is 2. The molecule has 0 saturated carbocycles. The lowest BCUT2D eigenvalue weighted by molar-refractivity contribution is -0.125. The van der Waals surface area contributed by atoms with Gasteiger partial charge in [-0.05, 0) is 6.42 Å². The van der Waals surface area contributed by atoms with Crippen molar-refractivity contribution < 1.29 is 9.59 Å². The number of hydrogen-bond donors (Lipinski definition) is 1. The Bertz CT molecular complexity index is 455. The molecule has 1 aromatic rings. The van der Waals surface area contributed by atoms with Gasteiger partial charge >= 0.3 is 0 Å². The molecule has 2 amide bonds. The maximum atomic E-state index is 11.6. The molecule has 2 atom stereocenters. The largest absolute Gasteiger partial charge is 0.295 e. The number of nitrogens with one attached hydrogen (secondary N) is 1. The normalized spacial score (nSPS) is 24.9. The molecule has 0 aliphatic carbocycles. The second-order valence-electron chi connectivity index (χ2n) is 3.79. The Morgan fingerprint density at radius 2 is 2.19 bits per heavy atom. The Balaban J connectivity index is 2.43. The molecule has 16 heavy (non-hydrogen) atoms. The lowest BCUT2D eigenvalue weighted by atomic mass is 9.97. The van der Waals surface area contributed by atoms with E-state index in [1.807, 2.05) is 6.92 Å². The van der Waals surface area contributed by atoms with Gasteiger partial charge in [0.05, 0.1) is 11.6 Å². The average molecular weight is 242 g/mol. The Hall–Kier alpha value is -1.36. The summed E-state index contributed by atoms with van der Waals surface area (Å²) in [5.74, 6) is -1.38. The van der Waals surface area contributed by atoms with Crippen LogP contribution in [0.5, 0.6) is 0 Å². The summed E-state index contributed by atoms with van der Waals surface area (Å²) in [5.41, 5.74) is 1.55. The van der Waals surface area contributed by atoms with E-state index in [4.69, 9.17) is 11.6 Å². The molecule has 86 valence electrons. The van der Waals surface area contributed by atoms with Crippen LogP contribution in [-0.4, -0.2) is 27.0 Å². The van der Waals surface area contributed by atoms with Gasteiger partial charge in [-0.15, -0.1) is 11.6 Å². The molecule has 1 aliphatic rings. The Morgan fingerprint density at radius 1 is 1.50 bits per heavy atom. The molecule has 2 rings (SSSR count). The minimum absolute atomic E-state index is 0.340. The SMILES string of the molecule is CCc1nn(C)cc1C1C(=O)NC(=O)C1Cl. The van der Waals surface area contributed by atoms with Crippen LogP contribution >= 0.6 is 11.6 Å². The summed E-state index contributed by atoms with van der Waals surface area (Å²) in [6.45, 7) is 1.95. The molecule has 0 aromatic carbocycles. The molecule has 1 fully saturated rings. The van der Waals surface area contributed by atoms with Crippen LogP contribution in [0.1, 0.15) is 24.1 Å². The number of amides is 2. The molecule has 5 nitrogen and oxygen atoms in total. The van der Waals surface area contributed by atoms with Crippen LogP contribution in [0.3, 0.4) is 0 Å². The average Bonchev–Trinajstić information content (AvgIpc) is 2.69. The van der Waals surface area contributed by atoms with Gasteiger partial charge in [-0.2, -0.15) is 5.10 Å². The summed E-state index contributed by atoms with van der Waals surface area (Å²) in [6.07, 6.45) is 2.45. The number of hydrogen-bond acceptors (Lipinski definition) is 3. The molecule has 1 aliphatic heterocycles. The number of halogens is 1. The molecule has 1 aromatic heterocycles. The van der Waals surface area contributed by atoms with Gasteiger partial charge in [0.25, 0.3) is 0 Å².